The molecule has 2 N–H and O–H groups in total. The maximum atomic E-state index is 5.83. The van der Waals surface area contributed by atoms with Crippen LogP contribution < -0.4 is 5.73 Å². The fraction of sp³-hybridized carbons (Fsp3) is 0.714. The van der Waals surface area contributed by atoms with Crippen molar-refractivity contribution in [2.24, 2.45) is 5.73 Å². The Labute approximate surface area is 76.1 Å². The van der Waals surface area contributed by atoms with E-state index < -0.39 is 0 Å². The number of methoxy groups -OCH3 is 1. The molecule has 1 atom stereocenters. The molecule has 4 nitrogen and oxygen atoms in total. The number of hydrogen-bond donors (Lipinski definition) is 1. The van der Waals surface area contributed by atoms with Gasteiger partial charge in [0.15, 0.2) is 0 Å². The van der Waals surface area contributed by atoms with Crippen molar-refractivity contribution in [3.63, 3.8) is 0 Å². The number of nitrogens with two attached hydrogens (primary N) is 1. The fourth-order valence-electron chi connectivity index (χ4n) is 0.931. The quantitative estimate of drug-likeness (QED) is 0.698. The molecule has 0 amide bonds. The van der Waals surface area contributed by atoms with Gasteiger partial charge in [0.25, 0.3) is 0 Å². The zero-order chi connectivity index (χ0) is 8.81. The van der Waals surface area contributed by atoms with Crippen LogP contribution in [0.5, 0.6) is 0 Å². The first-order chi connectivity index (χ1) is 5.84. The normalized spacial score (nSPS) is 13.2. The third kappa shape index (κ3) is 2.84. The van der Waals surface area contributed by atoms with Crippen LogP contribution in [-0.4, -0.2) is 22.5 Å². The summed E-state index contributed by atoms with van der Waals surface area (Å²) in [5.41, 5.74) is 6.71. The first-order valence-electron chi connectivity index (χ1n) is 3.86. The molecule has 0 aromatic carbocycles. The van der Waals surface area contributed by atoms with Gasteiger partial charge in [-0.25, -0.2) is 0 Å². The molecule has 1 rings (SSSR count). The van der Waals surface area contributed by atoms with Crippen LogP contribution in [0.25, 0.3) is 0 Å². The molecule has 0 fully saturated rings. The number of nitrogens with zero attached hydrogens (tertiary/aromatic N) is 2. The smallest absolute Gasteiger partial charge is 0.0910 e. The standard InChI is InChI=1S/C7H13N3OS/c1-11-4-2-3-6(8)7-5-9-12-10-7/h5-6H,2-4,8H2,1H3. The second kappa shape index (κ2) is 5.18. The third-order valence-electron chi connectivity index (χ3n) is 1.62. The van der Waals surface area contributed by atoms with Gasteiger partial charge >= 0.3 is 0 Å². The zero-order valence-corrected chi connectivity index (χ0v) is 7.88. The second-order valence-electron chi connectivity index (χ2n) is 2.57. The largest absolute Gasteiger partial charge is 0.385 e. The van der Waals surface area contributed by atoms with Gasteiger partial charge in [-0.3, -0.25) is 0 Å². The lowest BCUT2D eigenvalue weighted by atomic mass is 10.1. The van der Waals surface area contributed by atoms with Gasteiger partial charge < -0.3 is 10.5 Å². The Morgan fingerprint density at radius 1 is 1.75 bits per heavy atom. The molecule has 0 spiro atoms. The van der Waals surface area contributed by atoms with Gasteiger partial charge in [0.1, 0.15) is 0 Å². The van der Waals surface area contributed by atoms with Gasteiger partial charge in [0.05, 0.1) is 23.6 Å². The minimum atomic E-state index is 0.0129. The lowest BCUT2D eigenvalue weighted by molar-refractivity contribution is 0.190. The minimum Gasteiger partial charge on any atom is -0.385 e. The van der Waals surface area contributed by atoms with E-state index >= 15 is 0 Å². The zero-order valence-electron chi connectivity index (χ0n) is 7.06. The monoisotopic (exact) mass is 187 g/mol. The molecule has 0 saturated heterocycles. The molecule has 5 heteroatoms. The first kappa shape index (κ1) is 9.57. The van der Waals surface area contributed by atoms with Crippen LogP contribution in [0.4, 0.5) is 0 Å². The van der Waals surface area contributed by atoms with Gasteiger partial charge in [-0.1, -0.05) is 0 Å². The van der Waals surface area contributed by atoms with Gasteiger partial charge in [0, 0.05) is 19.8 Å². The highest BCUT2D eigenvalue weighted by atomic mass is 32.1. The summed E-state index contributed by atoms with van der Waals surface area (Å²) in [5.74, 6) is 0. The van der Waals surface area contributed by atoms with Crippen LogP contribution in [0.15, 0.2) is 6.20 Å². The van der Waals surface area contributed by atoms with Crippen molar-refractivity contribution in [3.8, 4) is 0 Å². The summed E-state index contributed by atoms with van der Waals surface area (Å²) in [6.45, 7) is 0.755. The van der Waals surface area contributed by atoms with E-state index in [2.05, 4.69) is 8.75 Å². The number of aromatic nitrogens is 2. The molecule has 12 heavy (non-hydrogen) atoms. The lowest BCUT2D eigenvalue weighted by Crippen LogP contribution is -2.11. The summed E-state index contributed by atoms with van der Waals surface area (Å²) in [4.78, 5) is 0. The van der Waals surface area contributed by atoms with E-state index in [0.29, 0.717) is 0 Å². The van der Waals surface area contributed by atoms with Gasteiger partial charge in [-0.2, -0.15) is 8.75 Å². The van der Waals surface area contributed by atoms with Gasteiger partial charge in [0.2, 0.25) is 0 Å². The van der Waals surface area contributed by atoms with E-state index in [1.807, 2.05) is 0 Å². The van der Waals surface area contributed by atoms with Crippen LogP contribution >= 0.6 is 11.7 Å². The molecule has 0 aliphatic rings. The molecule has 1 heterocycles. The summed E-state index contributed by atoms with van der Waals surface area (Å²) in [7, 11) is 1.69. The van der Waals surface area contributed by atoms with Crippen LogP contribution in [0.2, 0.25) is 0 Å². The van der Waals surface area contributed by atoms with E-state index in [1.54, 1.807) is 13.3 Å². The van der Waals surface area contributed by atoms with Crippen molar-refractivity contribution < 1.29 is 4.74 Å². The van der Waals surface area contributed by atoms with E-state index in [9.17, 15) is 0 Å². The molecule has 1 aromatic rings. The van der Waals surface area contributed by atoms with Gasteiger partial charge in [-0.15, -0.1) is 0 Å². The Kier molecular flexibility index (Phi) is 4.13. The molecule has 0 bridgehead atoms. The molecular formula is C7H13N3OS. The van der Waals surface area contributed by atoms with Crippen molar-refractivity contribution in [2.45, 2.75) is 18.9 Å². The maximum absolute atomic E-state index is 5.83. The summed E-state index contributed by atoms with van der Waals surface area (Å²) in [6.07, 6.45) is 3.59. The minimum absolute atomic E-state index is 0.0129. The SMILES string of the molecule is COCCCC(N)c1cnsn1. The molecule has 0 aliphatic carbocycles. The fourth-order valence-corrected chi connectivity index (χ4v) is 1.41. The average Bonchev–Trinajstić information content (AvgIpc) is 2.56. The number of rotatable bonds is 5. The lowest BCUT2D eigenvalue weighted by Gasteiger charge is -2.06. The van der Waals surface area contributed by atoms with Crippen molar-refractivity contribution in [1.29, 1.82) is 0 Å². The molecule has 68 valence electrons. The van der Waals surface area contributed by atoms with Crippen LogP contribution in [0.3, 0.4) is 0 Å². The Hall–Kier alpha value is -0.520. The highest BCUT2D eigenvalue weighted by molar-refractivity contribution is 6.99. The van der Waals surface area contributed by atoms with Crippen molar-refractivity contribution in [2.75, 3.05) is 13.7 Å². The summed E-state index contributed by atoms with van der Waals surface area (Å²) >= 11 is 1.20. The van der Waals surface area contributed by atoms with E-state index in [4.69, 9.17) is 10.5 Å². The van der Waals surface area contributed by atoms with Crippen molar-refractivity contribution in [1.82, 2.24) is 8.75 Å². The molecule has 1 aromatic heterocycles. The molecule has 0 saturated carbocycles. The highest BCUT2D eigenvalue weighted by Crippen LogP contribution is 2.12. The first-order valence-corrected chi connectivity index (χ1v) is 4.59. The summed E-state index contributed by atoms with van der Waals surface area (Å²) in [5, 5.41) is 0. The predicted octanol–water partition coefficient (Wildman–Crippen LogP) is 0.965. The van der Waals surface area contributed by atoms with E-state index in [1.165, 1.54) is 11.7 Å². The third-order valence-corrected chi connectivity index (χ3v) is 2.11. The highest BCUT2D eigenvalue weighted by Gasteiger charge is 2.07. The Balaban J connectivity index is 2.25. The van der Waals surface area contributed by atoms with Crippen LogP contribution in [0.1, 0.15) is 24.6 Å². The molecule has 1 unspecified atom stereocenters. The molecule has 0 aliphatic heterocycles. The van der Waals surface area contributed by atoms with Gasteiger partial charge in [-0.05, 0) is 12.8 Å². The number of ether oxygens (including phenoxy) is 1. The predicted molar refractivity (Wildman–Crippen MR) is 47.9 cm³/mol. The Bertz CT molecular complexity index is 202. The summed E-state index contributed by atoms with van der Waals surface area (Å²) in [6, 6.07) is 0.0129. The van der Waals surface area contributed by atoms with Crippen LogP contribution in [-0.2, 0) is 4.74 Å². The number of hydrogen-bond acceptors (Lipinski definition) is 5. The average molecular weight is 187 g/mol. The van der Waals surface area contributed by atoms with E-state index in [0.717, 1.165) is 25.1 Å². The maximum Gasteiger partial charge on any atom is 0.0910 e. The second-order valence-corrected chi connectivity index (χ2v) is 3.13. The Morgan fingerprint density at radius 3 is 3.17 bits per heavy atom. The summed E-state index contributed by atoms with van der Waals surface area (Å²) < 4.78 is 12.9. The Morgan fingerprint density at radius 2 is 2.58 bits per heavy atom. The topological polar surface area (TPSA) is 61.0 Å². The van der Waals surface area contributed by atoms with E-state index in [-0.39, 0.29) is 6.04 Å². The van der Waals surface area contributed by atoms with Crippen molar-refractivity contribution >= 4 is 11.7 Å². The molecule has 0 radical (unpaired) electrons. The molecular weight excluding hydrogens is 174 g/mol. The van der Waals surface area contributed by atoms with Crippen LogP contribution in [0, 0.1) is 0 Å². The van der Waals surface area contributed by atoms with Crippen molar-refractivity contribution in [3.05, 3.63) is 11.9 Å².